The fraction of sp³-hybridized carbons (Fsp3) is 0.121. The van der Waals surface area contributed by atoms with E-state index in [0.717, 1.165) is 10.9 Å². The molecule has 0 atom stereocenters. The molecule has 0 bridgehead atoms. The molecule has 6 rings (SSSR count). The Kier molecular flexibility index (Phi) is 7.72. The van der Waals surface area contributed by atoms with Crippen LogP contribution in [0.4, 0.5) is 0 Å². The molecule has 9 nitrogen and oxygen atoms in total. The third kappa shape index (κ3) is 5.38. The van der Waals surface area contributed by atoms with Gasteiger partial charge in [-0.2, -0.15) is 9.78 Å². The van der Waals surface area contributed by atoms with Gasteiger partial charge in [0.15, 0.2) is 17.3 Å². The van der Waals surface area contributed by atoms with Gasteiger partial charge in [-0.05, 0) is 48.5 Å². The molecule has 0 unspecified atom stereocenters. The van der Waals surface area contributed by atoms with E-state index >= 15 is 0 Å². The Labute approximate surface area is 251 Å². The van der Waals surface area contributed by atoms with Crippen molar-refractivity contribution in [2.75, 3.05) is 21.3 Å². The van der Waals surface area contributed by atoms with Crippen molar-refractivity contribution < 1.29 is 23.4 Å². The lowest BCUT2D eigenvalue weighted by Gasteiger charge is -2.16. The quantitative estimate of drug-likeness (QED) is 0.167. The molecular formula is C33H26ClN3O6. The molecule has 43 heavy (non-hydrogen) atoms. The summed E-state index contributed by atoms with van der Waals surface area (Å²) in [7, 11) is 4.65. The summed E-state index contributed by atoms with van der Waals surface area (Å²) in [6.45, 7) is 0.212. The minimum absolute atomic E-state index is 0.212. The molecule has 0 aliphatic carbocycles. The largest absolute Gasteiger partial charge is 0.496 e. The van der Waals surface area contributed by atoms with E-state index in [2.05, 4.69) is 5.10 Å². The molecule has 0 aliphatic heterocycles. The maximum absolute atomic E-state index is 13.7. The van der Waals surface area contributed by atoms with Crippen molar-refractivity contribution in [1.29, 1.82) is 0 Å². The van der Waals surface area contributed by atoms with Gasteiger partial charge in [-0.25, -0.2) is 4.98 Å². The van der Waals surface area contributed by atoms with Gasteiger partial charge in [0.1, 0.15) is 17.9 Å². The average Bonchev–Trinajstić information content (AvgIpc) is 3.48. The Morgan fingerprint density at radius 2 is 1.58 bits per heavy atom. The number of fused-ring (bicyclic) bond motifs is 2. The highest BCUT2D eigenvalue weighted by Gasteiger charge is 2.19. The van der Waals surface area contributed by atoms with E-state index in [1.165, 1.54) is 25.1 Å². The Hall–Kier alpha value is -5.28. The van der Waals surface area contributed by atoms with Gasteiger partial charge in [0.05, 0.1) is 43.8 Å². The van der Waals surface area contributed by atoms with Crippen molar-refractivity contribution in [2.45, 2.75) is 6.61 Å². The highest BCUT2D eigenvalue weighted by molar-refractivity contribution is 6.31. The van der Waals surface area contributed by atoms with Crippen molar-refractivity contribution in [1.82, 2.24) is 9.66 Å². The Bertz CT molecular complexity index is 2020. The third-order valence-corrected chi connectivity index (χ3v) is 7.22. The van der Waals surface area contributed by atoms with Crippen LogP contribution in [0.5, 0.6) is 23.0 Å². The molecule has 0 amide bonds. The molecule has 0 radical (unpaired) electrons. The van der Waals surface area contributed by atoms with Crippen LogP contribution < -0.4 is 24.5 Å². The second kappa shape index (κ2) is 11.9. The van der Waals surface area contributed by atoms with Crippen molar-refractivity contribution in [2.24, 2.45) is 5.10 Å². The van der Waals surface area contributed by atoms with Crippen LogP contribution in [0.1, 0.15) is 11.1 Å². The van der Waals surface area contributed by atoms with Crippen molar-refractivity contribution in [3.63, 3.8) is 0 Å². The zero-order chi connectivity index (χ0) is 29.9. The number of hydrogen-bond acceptors (Lipinski definition) is 8. The normalized spacial score (nSPS) is 11.3. The first-order valence-electron chi connectivity index (χ1n) is 13.3. The highest BCUT2D eigenvalue weighted by atomic mass is 35.5. The standard InChI is InChI=1S/C33H26ClN3O6/c1-39-26-13-8-14-27-23(26)17-30(43-27)32-36-25-12-7-5-10-22(25)33(38)37(32)35-18-20-15-28(40-2)31(29(16-20)41-3)42-19-21-9-4-6-11-24(21)34/h4-18H,19H2,1-3H3. The highest BCUT2D eigenvalue weighted by Crippen LogP contribution is 2.39. The lowest BCUT2D eigenvalue weighted by Crippen LogP contribution is -2.20. The van der Waals surface area contributed by atoms with Crippen LogP contribution in [-0.2, 0) is 6.61 Å². The van der Waals surface area contributed by atoms with Crippen LogP contribution in [0, 0.1) is 0 Å². The van der Waals surface area contributed by atoms with E-state index < -0.39 is 0 Å². The first kappa shape index (κ1) is 27.9. The number of ether oxygens (including phenoxy) is 4. The first-order chi connectivity index (χ1) is 21.0. The third-order valence-electron chi connectivity index (χ3n) is 6.85. The Balaban J connectivity index is 1.43. The molecule has 0 N–H and O–H groups in total. The molecule has 216 valence electrons. The van der Waals surface area contributed by atoms with Gasteiger partial charge >= 0.3 is 0 Å². The molecule has 0 spiro atoms. The number of furan rings is 1. The summed E-state index contributed by atoms with van der Waals surface area (Å²) >= 11 is 6.30. The van der Waals surface area contributed by atoms with Gasteiger partial charge < -0.3 is 23.4 Å². The fourth-order valence-corrected chi connectivity index (χ4v) is 4.91. The lowest BCUT2D eigenvalue weighted by atomic mass is 10.2. The smallest absolute Gasteiger partial charge is 0.282 e. The minimum Gasteiger partial charge on any atom is -0.496 e. The number of benzene rings is 4. The van der Waals surface area contributed by atoms with Crippen molar-refractivity contribution >= 4 is 39.7 Å². The monoisotopic (exact) mass is 595 g/mol. The number of nitrogens with zero attached hydrogens (tertiary/aromatic N) is 3. The maximum atomic E-state index is 13.7. The van der Waals surface area contributed by atoms with Crippen LogP contribution in [0.15, 0.2) is 99.2 Å². The van der Waals surface area contributed by atoms with Gasteiger partial charge in [-0.15, -0.1) is 0 Å². The zero-order valence-electron chi connectivity index (χ0n) is 23.5. The summed E-state index contributed by atoms with van der Waals surface area (Å²) in [6, 6.07) is 25.2. The van der Waals surface area contributed by atoms with Gasteiger partial charge in [-0.1, -0.05) is 48.0 Å². The average molecular weight is 596 g/mol. The predicted octanol–water partition coefficient (Wildman–Crippen LogP) is 6.95. The van der Waals surface area contributed by atoms with Gasteiger partial charge in [0.2, 0.25) is 11.6 Å². The summed E-state index contributed by atoms with van der Waals surface area (Å²) in [6.07, 6.45) is 1.52. The topological polar surface area (TPSA) is 97.3 Å². The number of aromatic nitrogens is 2. The maximum Gasteiger partial charge on any atom is 0.282 e. The number of halogens is 1. The van der Waals surface area contributed by atoms with Gasteiger partial charge in [0, 0.05) is 16.1 Å². The summed E-state index contributed by atoms with van der Waals surface area (Å²) in [4.78, 5) is 18.4. The molecular weight excluding hydrogens is 570 g/mol. The van der Waals surface area contributed by atoms with Crippen molar-refractivity contribution in [3.05, 3.63) is 111 Å². The lowest BCUT2D eigenvalue weighted by molar-refractivity contribution is 0.266. The van der Waals surface area contributed by atoms with Crippen LogP contribution in [0.3, 0.4) is 0 Å². The molecule has 0 saturated heterocycles. The molecule has 2 aromatic heterocycles. The van der Waals surface area contributed by atoms with E-state index in [1.807, 2.05) is 42.5 Å². The minimum atomic E-state index is -0.358. The molecule has 4 aromatic carbocycles. The Morgan fingerprint density at radius 1 is 0.860 bits per heavy atom. The van der Waals surface area contributed by atoms with Gasteiger partial charge in [-0.3, -0.25) is 4.79 Å². The fourth-order valence-electron chi connectivity index (χ4n) is 4.72. The number of hydrogen-bond donors (Lipinski definition) is 0. The second-order valence-corrected chi connectivity index (χ2v) is 9.84. The zero-order valence-corrected chi connectivity index (χ0v) is 24.3. The van der Waals surface area contributed by atoms with E-state index in [0.29, 0.717) is 55.8 Å². The van der Waals surface area contributed by atoms with E-state index in [9.17, 15) is 4.79 Å². The molecule has 0 fully saturated rings. The number of methoxy groups -OCH3 is 3. The second-order valence-electron chi connectivity index (χ2n) is 9.43. The number of rotatable bonds is 9. The van der Waals surface area contributed by atoms with E-state index in [1.54, 1.807) is 49.6 Å². The molecule has 10 heteroatoms. The van der Waals surface area contributed by atoms with Crippen LogP contribution in [-0.4, -0.2) is 37.2 Å². The summed E-state index contributed by atoms with van der Waals surface area (Å²) in [5, 5.41) is 6.31. The van der Waals surface area contributed by atoms with Gasteiger partial charge in [0.25, 0.3) is 5.56 Å². The number of para-hydroxylation sites is 1. The summed E-state index contributed by atoms with van der Waals surface area (Å²) < 4.78 is 30.1. The molecule has 2 heterocycles. The van der Waals surface area contributed by atoms with Crippen molar-refractivity contribution in [3.8, 4) is 34.6 Å². The summed E-state index contributed by atoms with van der Waals surface area (Å²) in [5.74, 6) is 2.47. The summed E-state index contributed by atoms with van der Waals surface area (Å²) in [5.41, 5.74) is 2.16. The SMILES string of the molecule is COc1cc(C=Nn2c(-c3cc4c(OC)cccc4o3)nc3ccccc3c2=O)cc(OC)c1OCc1ccccc1Cl. The van der Waals surface area contributed by atoms with Crippen LogP contribution in [0.2, 0.25) is 5.02 Å². The molecule has 0 saturated carbocycles. The molecule has 6 aromatic rings. The van der Waals surface area contributed by atoms with E-state index in [4.69, 9.17) is 39.9 Å². The molecule has 0 aliphatic rings. The van der Waals surface area contributed by atoms with Crippen LogP contribution in [0.25, 0.3) is 33.5 Å². The first-order valence-corrected chi connectivity index (χ1v) is 13.6. The van der Waals surface area contributed by atoms with Crippen LogP contribution >= 0.6 is 11.6 Å². The van der Waals surface area contributed by atoms with E-state index in [-0.39, 0.29) is 18.0 Å². The predicted molar refractivity (Wildman–Crippen MR) is 166 cm³/mol. The Morgan fingerprint density at radius 3 is 2.33 bits per heavy atom.